The average Bonchev–Trinajstić information content (AvgIpc) is 2.99. The van der Waals surface area contributed by atoms with E-state index in [0.717, 1.165) is 5.56 Å². The summed E-state index contributed by atoms with van der Waals surface area (Å²) < 4.78 is 14.8. The number of hydrogen-bond acceptors (Lipinski definition) is 4. The highest BCUT2D eigenvalue weighted by Gasteiger charge is 2.14. The van der Waals surface area contributed by atoms with Crippen molar-refractivity contribution in [2.45, 2.75) is 5.16 Å². The maximum Gasteiger partial charge on any atom is 0.234 e. The molecule has 0 radical (unpaired) electrons. The van der Waals surface area contributed by atoms with Crippen LogP contribution < -0.4 is 5.32 Å². The molecule has 27 heavy (non-hydrogen) atoms. The summed E-state index contributed by atoms with van der Waals surface area (Å²) >= 11 is 19.1. The van der Waals surface area contributed by atoms with Crippen LogP contribution in [0.1, 0.15) is 0 Å². The van der Waals surface area contributed by atoms with E-state index in [4.69, 9.17) is 34.8 Å². The van der Waals surface area contributed by atoms with Gasteiger partial charge in [0.05, 0.1) is 26.5 Å². The summed E-state index contributed by atoms with van der Waals surface area (Å²) in [5.41, 5.74) is 1.10. The summed E-state index contributed by atoms with van der Waals surface area (Å²) in [6.07, 6.45) is 0. The van der Waals surface area contributed by atoms with Crippen LogP contribution in [-0.2, 0) is 11.8 Å². The van der Waals surface area contributed by atoms with Gasteiger partial charge in [-0.25, -0.2) is 4.39 Å². The van der Waals surface area contributed by atoms with Crippen molar-refractivity contribution in [2.24, 2.45) is 7.05 Å². The molecule has 0 saturated heterocycles. The number of anilines is 1. The summed E-state index contributed by atoms with van der Waals surface area (Å²) in [6, 6.07) is 8.89. The highest BCUT2D eigenvalue weighted by Crippen LogP contribution is 2.32. The summed E-state index contributed by atoms with van der Waals surface area (Å²) in [6.45, 7) is 0. The first-order valence-corrected chi connectivity index (χ1v) is 9.69. The second-order valence-electron chi connectivity index (χ2n) is 5.46. The third-order valence-corrected chi connectivity index (χ3v) is 5.61. The van der Waals surface area contributed by atoms with Crippen molar-refractivity contribution in [3.63, 3.8) is 0 Å². The Bertz CT molecular complexity index is 995. The van der Waals surface area contributed by atoms with E-state index < -0.39 is 0 Å². The molecule has 3 rings (SSSR count). The number of halogens is 4. The Hall–Kier alpha value is -1.80. The maximum absolute atomic E-state index is 13.1. The molecule has 10 heteroatoms. The van der Waals surface area contributed by atoms with E-state index in [1.807, 2.05) is 0 Å². The Kier molecular flexibility index (Phi) is 6.26. The molecule has 2 aromatic carbocycles. The van der Waals surface area contributed by atoms with Crippen LogP contribution in [0.3, 0.4) is 0 Å². The molecular weight excluding hydrogens is 434 g/mol. The van der Waals surface area contributed by atoms with Gasteiger partial charge in [0.2, 0.25) is 5.91 Å². The largest absolute Gasteiger partial charge is 0.324 e. The van der Waals surface area contributed by atoms with Gasteiger partial charge in [0.25, 0.3) is 0 Å². The monoisotopic (exact) mass is 444 g/mol. The molecule has 0 bridgehead atoms. The Morgan fingerprint density at radius 1 is 1.11 bits per heavy atom. The molecule has 1 aromatic heterocycles. The summed E-state index contributed by atoms with van der Waals surface area (Å²) in [5.74, 6) is 0.0524. The van der Waals surface area contributed by atoms with Crippen LogP contribution in [0.25, 0.3) is 11.4 Å². The van der Waals surface area contributed by atoms with E-state index in [2.05, 4.69) is 15.5 Å². The lowest BCUT2D eigenvalue weighted by molar-refractivity contribution is -0.113. The standard InChI is InChI=1S/C17H12Cl3FN4OS/c1-25-16(9-2-4-10(21)5-3-9)23-24-17(25)27-8-15(26)22-14-7-12(19)11(18)6-13(14)20/h2-7H,8H2,1H3,(H,22,26). The lowest BCUT2D eigenvalue weighted by Crippen LogP contribution is -2.14. The molecule has 0 fully saturated rings. The van der Waals surface area contributed by atoms with Crippen LogP contribution in [0.4, 0.5) is 10.1 Å². The molecule has 5 nitrogen and oxygen atoms in total. The molecule has 0 spiro atoms. The van der Waals surface area contributed by atoms with Gasteiger partial charge in [-0.1, -0.05) is 46.6 Å². The second kappa shape index (κ2) is 8.48. The first-order valence-electron chi connectivity index (χ1n) is 7.57. The number of benzene rings is 2. The molecule has 0 atom stereocenters. The minimum atomic E-state index is -0.326. The third-order valence-electron chi connectivity index (χ3n) is 3.55. The van der Waals surface area contributed by atoms with Gasteiger partial charge in [-0.2, -0.15) is 0 Å². The highest BCUT2D eigenvalue weighted by molar-refractivity contribution is 7.99. The number of hydrogen-bond donors (Lipinski definition) is 1. The SMILES string of the molecule is Cn1c(SCC(=O)Nc2cc(Cl)c(Cl)cc2Cl)nnc1-c1ccc(F)cc1. The summed E-state index contributed by atoms with van der Waals surface area (Å²) in [7, 11) is 1.77. The molecule has 1 amide bonds. The number of aromatic nitrogens is 3. The third kappa shape index (κ3) is 4.73. The van der Waals surface area contributed by atoms with Gasteiger partial charge < -0.3 is 9.88 Å². The van der Waals surface area contributed by atoms with Crippen molar-refractivity contribution < 1.29 is 9.18 Å². The number of thioether (sulfide) groups is 1. The summed E-state index contributed by atoms with van der Waals surface area (Å²) in [5, 5.41) is 12.3. The number of carbonyl (C=O) groups excluding carboxylic acids is 1. The van der Waals surface area contributed by atoms with Gasteiger partial charge in [-0.3, -0.25) is 4.79 Å². The smallest absolute Gasteiger partial charge is 0.234 e. The Balaban J connectivity index is 1.66. The van der Waals surface area contributed by atoms with E-state index in [9.17, 15) is 9.18 Å². The Morgan fingerprint density at radius 2 is 1.78 bits per heavy atom. The molecule has 0 saturated carbocycles. The zero-order valence-corrected chi connectivity index (χ0v) is 16.9. The number of nitrogens with one attached hydrogen (secondary N) is 1. The first-order chi connectivity index (χ1) is 12.8. The minimum absolute atomic E-state index is 0.0893. The zero-order valence-electron chi connectivity index (χ0n) is 13.8. The zero-order chi connectivity index (χ0) is 19.6. The Morgan fingerprint density at radius 3 is 2.48 bits per heavy atom. The van der Waals surface area contributed by atoms with E-state index >= 15 is 0 Å². The van der Waals surface area contributed by atoms with Crippen LogP contribution in [-0.4, -0.2) is 26.4 Å². The molecule has 140 valence electrons. The molecule has 1 heterocycles. The van der Waals surface area contributed by atoms with Gasteiger partial charge in [-0.15, -0.1) is 10.2 Å². The van der Waals surface area contributed by atoms with E-state index in [-0.39, 0.29) is 17.5 Å². The molecule has 0 unspecified atom stereocenters. The van der Waals surface area contributed by atoms with Gasteiger partial charge in [0.15, 0.2) is 11.0 Å². The fourth-order valence-corrected chi connectivity index (χ4v) is 3.53. The first kappa shape index (κ1) is 19.9. The van der Waals surface area contributed by atoms with E-state index in [1.165, 1.54) is 36.0 Å². The predicted octanol–water partition coefficient (Wildman–Crippen LogP) is 5.31. The van der Waals surface area contributed by atoms with E-state index in [0.29, 0.717) is 31.7 Å². The van der Waals surface area contributed by atoms with Crippen LogP contribution in [0, 0.1) is 5.82 Å². The molecule has 0 aliphatic heterocycles. The quantitative estimate of drug-likeness (QED) is 0.427. The normalized spacial score (nSPS) is 10.9. The number of carbonyl (C=O) groups is 1. The fourth-order valence-electron chi connectivity index (χ4n) is 2.23. The topological polar surface area (TPSA) is 59.8 Å². The van der Waals surface area contributed by atoms with Crippen molar-refractivity contribution in [1.82, 2.24) is 14.8 Å². The second-order valence-corrected chi connectivity index (χ2v) is 7.62. The molecule has 3 aromatic rings. The average molecular weight is 446 g/mol. The van der Waals surface area contributed by atoms with Gasteiger partial charge in [0, 0.05) is 12.6 Å². The van der Waals surface area contributed by atoms with Crippen molar-refractivity contribution in [3.05, 3.63) is 57.3 Å². The van der Waals surface area contributed by atoms with Crippen LogP contribution in [0.15, 0.2) is 41.6 Å². The van der Waals surface area contributed by atoms with Crippen molar-refractivity contribution in [2.75, 3.05) is 11.1 Å². The number of amides is 1. The van der Waals surface area contributed by atoms with Gasteiger partial charge in [-0.05, 0) is 36.4 Å². The fraction of sp³-hybridized carbons (Fsp3) is 0.118. The molecular formula is C17H12Cl3FN4OS. The number of rotatable bonds is 5. The van der Waals surface area contributed by atoms with E-state index in [1.54, 1.807) is 23.7 Å². The molecule has 0 aliphatic rings. The Labute approximate surface area is 173 Å². The lowest BCUT2D eigenvalue weighted by Gasteiger charge is -2.08. The van der Waals surface area contributed by atoms with Crippen LogP contribution in [0.5, 0.6) is 0 Å². The molecule has 1 N–H and O–H groups in total. The van der Waals surface area contributed by atoms with Crippen molar-refractivity contribution >= 4 is 58.2 Å². The van der Waals surface area contributed by atoms with Gasteiger partial charge in [0.1, 0.15) is 5.82 Å². The maximum atomic E-state index is 13.1. The predicted molar refractivity (Wildman–Crippen MR) is 107 cm³/mol. The molecule has 0 aliphatic carbocycles. The van der Waals surface area contributed by atoms with Crippen molar-refractivity contribution in [1.29, 1.82) is 0 Å². The van der Waals surface area contributed by atoms with Gasteiger partial charge >= 0.3 is 0 Å². The lowest BCUT2D eigenvalue weighted by atomic mass is 10.2. The highest BCUT2D eigenvalue weighted by atomic mass is 35.5. The summed E-state index contributed by atoms with van der Waals surface area (Å²) in [4.78, 5) is 12.2. The minimum Gasteiger partial charge on any atom is -0.324 e. The van der Waals surface area contributed by atoms with Crippen LogP contribution >= 0.6 is 46.6 Å². The van der Waals surface area contributed by atoms with Crippen LogP contribution in [0.2, 0.25) is 15.1 Å². The van der Waals surface area contributed by atoms with Crippen molar-refractivity contribution in [3.8, 4) is 11.4 Å². The number of nitrogens with zero attached hydrogens (tertiary/aromatic N) is 3.